The molecule has 2 aliphatic carbocycles. The molecule has 1 heterocycles. The average Bonchev–Trinajstić information content (AvgIpc) is 2.79. The second-order valence-electron chi connectivity index (χ2n) is 8.30. The monoisotopic (exact) mass is 454 g/mol. The van der Waals surface area contributed by atoms with Gasteiger partial charge in [0.2, 0.25) is 0 Å². The molecule has 0 aromatic heterocycles. The van der Waals surface area contributed by atoms with Gasteiger partial charge in [-0.2, -0.15) is 0 Å². The summed E-state index contributed by atoms with van der Waals surface area (Å²) in [5.74, 6) is 1.83. The fourth-order valence-corrected chi connectivity index (χ4v) is 3.41. The second-order valence-corrected chi connectivity index (χ2v) is 8.30. The van der Waals surface area contributed by atoms with Gasteiger partial charge in [0.25, 0.3) is 0 Å². The van der Waals surface area contributed by atoms with Crippen LogP contribution in [-0.4, -0.2) is 48.0 Å². The predicted molar refractivity (Wildman–Crippen MR) is 131 cm³/mol. The van der Waals surface area contributed by atoms with Crippen molar-refractivity contribution in [1.82, 2.24) is 0 Å². The molecular weight excluding hydrogens is 398 g/mol. The third kappa shape index (κ3) is 20.1. The maximum absolute atomic E-state index is 12.6. The van der Waals surface area contributed by atoms with Crippen LogP contribution < -0.4 is 0 Å². The molecular formula is C26H56F2O3. The third-order valence-electron chi connectivity index (χ3n) is 5.51. The Bertz CT molecular complexity index is 315. The molecule has 1 saturated heterocycles. The van der Waals surface area contributed by atoms with E-state index in [0.29, 0.717) is 37.5 Å². The number of hydrogen-bond donors (Lipinski definition) is 2. The van der Waals surface area contributed by atoms with Crippen molar-refractivity contribution in [2.24, 2.45) is 17.8 Å². The molecule has 192 valence electrons. The van der Waals surface area contributed by atoms with Crippen LogP contribution in [0, 0.1) is 17.8 Å². The highest BCUT2D eigenvalue weighted by molar-refractivity contribution is 4.77. The molecule has 1 aliphatic heterocycles. The van der Waals surface area contributed by atoms with Crippen molar-refractivity contribution in [2.45, 2.75) is 138 Å². The minimum atomic E-state index is -0.964. The number of hydrogen-bond acceptors (Lipinski definition) is 3. The highest BCUT2D eigenvalue weighted by Crippen LogP contribution is 2.26. The highest BCUT2D eigenvalue weighted by atomic mass is 19.1. The van der Waals surface area contributed by atoms with Crippen molar-refractivity contribution in [2.75, 3.05) is 13.2 Å². The molecule has 0 unspecified atom stereocenters. The van der Waals surface area contributed by atoms with Crippen LogP contribution in [0.3, 0.4) is 0 Å². The Morgan fingerprint density at radius 3 is 1.06 bits per heavy atom. The van der Waals surface area contributed by atoms with Gasteiger partial charge in [0, 0.05) is 13.2 Å². The molecule has 2 saturated carbocycles. The molecule has 0 spiro atoms. The Kier molecular flexibility index (Phi) is 27.8. The number of aliphatic hydroxyl groups is 2. The van der Waals surface area contributed by atoms with Crippen LogP contribution in [0.1, 0.15) is 114 Å². The molecule has 2 N–H and O–H groups in total. The van der Waals surface area contributed by atoms with Gasteiger partial charge in [0.15, 0.2) is 0 Å². The fraction of sp³-hybridized carbons (Fsp3) is 1.00. The number of ether oxygens (including phenoxy) is 1. The zero-order valence-electron chi connectivity index (χ0n) is 22.2. The van der Waals surface area contributed by atoms with E-state index >= 15 is 0 Å². The Morgan fingerprint density at radius 2 is 0.871 bits per heavy atom. The summed E-state index contributed by atoms with van der Waals surface area (Å²) in [5, 5.41) is 17.8. The molecule has 3 nitrogen and oxygen atoms in total. The van der Waals surface area contributed by atoms with E-state index in [1.807, 2.05) is 55.4 Å². The van der Waals surface area contributed by atoms with E-state index in [9.17, 15) is 8.78 Å². The van der Waals surface area contributed by atoms with Crippen molar-refractivity contribution in [3.63, 3.8) is 0 Å². The Balaban J connectivity index is -0.000000340. The van der Waals surface area contributed by atoms with E-state index in [-0.39, 0.29) is 0 Å². The number of aliphatic hydroxyl groups excluding tert-OH is 2. The van der Waals surface area contributed by atoms with Crippen LogP contribution in [0.5, 0.6) is 0 Å². The molecule has 3 fully saturated rings. The minimum absolute atomic E-state index is 0.461. The summed E-state index contributed by atoms with van der Waals surface area (Å²) < 4.78 is 30.3. The van der Waals surface area contributed by atoms with E-state index in [1.54, 1.807) is 0 Å². The third-order valence-corrected chi connectivity index (χ3v) is 5.51. The predicted octanol–water partition coefficient (Wildman–Crippen LogP) is 7.52. The first kappa shape index (κ1) is 35.3. The van der Waals surface area contributed by atoms with Gasteiger partial charge < -0.3 is 14.9 Å². The SMILES string of the molecule is CC.CC.CC.CC1CCOCC1.C[C@@H]1CC[C@@H](O)[C@H](F)C1.C[C@H]1CC[C@H](O)[C@@H](F)C1. The van der Waals surface area contributed by atoms with Crippen molar-refractivity contribution in [1.29, 1.82) is 0 Å². The lowest BCUT2D eigenvalue weighted by Gasteiger charge is -2.25. The Labute approximate surface area is 193 Å². The molecule has 0 amide bonds. The number of alkyl halides is 2. The molecule has 0 bridgehead atoms. The molecule has 5 heteroatoms. The van der Waals surface area contributed by atoms with Gasteiger partial charge >= 0.3 is 0 Å². The quantitative estimate of drug-likeness (QED) is 0.398. The molecule has 3 aliphatic rings. The second kappa shape index (κ2) is 24.4. The van der Waals surface area contributed by atoms with Gasteiger partial charge in [0.05, 0.1) is 12.2 Å². The van der Waals surface area contributed by atoms with Gasteiger partial charge in [-0.1, -0.05) is 62.3 Å². The lowest BCUT2D eigenvalue weighted by Crippen LogP contribution is -2.29. The number of rotatable bonds is 0. The summed E-state index contributed by atoms with van der Waals surface area (Å²) in [6, 6.07) is 0. The Morgan fingerprint density at radius 1 is 0.548 bits per heavy atom. The number of halogens is 2. The van der Waals surface area contributed by atoms with Crippen molar-refractivity contribution in [3.05, 3.63) is 0 Å². The zero-order chi connectivity index (χ0) is 24.8. The van der Waals surface area contributed by atoms with Gasteiger partial charge in [0.1, 0.15) is 12.3 Å². The molecule has 31 heavy (non-hydrogen) atoms. The van der Waals surface area contributed by atoms with E-state index in [0.717, 1.165) is 32.0 Å². The molecule has 0 aromatic carbocycles. The van der Waals surface area contributed by atoms with E-state index in [1.165, 1.54) is 12.8 Å². The van der Waals surface area contributed by atoms with Crippen molar-refractivity contribution >= 4 is 0 Å². The first-order valence-electron chi connectivity index (χ1n) is 13.0. The summed E-state index contributed by atoms with van der Waals surface area (Å²) in [4.78, 5) is 0. The summed E-state index contributed by atoms with van der Waals surface area (Å²) in [5.41, 5.74) is 0. The van der Waals surface area contributed by atoms with Crippen LogP contribution >= 0.6 is 0 Å². The fourth-order valence-electron chi connectivity index (χ4n) is 3.41. The van der Waals surface area contributed by atoms with Crippen molar-refractivity contribution in [3.8, 4) is 0 Å². The summed E-state index contributed by atoms with van der Waals surface area (Å²) in [6.45, 7) is 20.3. The van der Waals surface area contributed by atoms with E-state index in [4.69, 9.17) is 14.9 Å². The van der Waals surface area contributed by atoms with Gasteiger partial charge in [-0.3, -0.25) is 0 Å². The molecule has 0 aromatic rings. The first-order valence-corrected chi connectivity index (χ1v) is 13.0. The smallest absolute Gasteiger partial charge is 0.126 e. The highest BCUT2D eigenvalue weighted by Gasteiger charge is 2.26. The summed E-state index contributed by atoms with van der Waals surface area (Å²) in [7, 11) is 0. The van der Waals surface area contributed by atoms with Crippen molar-refractivity contribution < 1.29 is 23.7 Å². The van der Waals surface area contributed by atoms with Crippen LogP contribution in [0.15, 0.2) is 0 Å². The topological polar surface area (TPSA) is 49.7 Å². The van der Waals surface area contributed by atoms with Crippen LogP contribution in [0.2, 0.25) is 0 Å². The van der Waals surface area contributed by atoms with Crippen LogP contribution in [-0.2, 0) is 4.74 Å². The lowest BCUT2D eigenvalue weighted by molar-refractivity contribution is 0.0278. The summed E-state index contributed by atoms with van der Waals surface area (Å²) in [6.07, 6.45) is 3.56. The Hall–Kier alpha value is -0.260. The van der Waals surface area contributed by atoms with E-state index in [2.05, 4.69) is 6.92 Å². The zero-order valence-corrected chi connectivity index (χ0v) is 22.2. The van der Waals surface area contributed by atoms with Crippen LogP contribution in [0.25, 0.3) is 0 Å². The maximum atomic E-state index is 12.6. The first-order chi connectivity index (χ1) is 14.8. The molecule has 6 atom stereocenters. The largest absolute Gasteiger partial charge is 0.390 e. The van der Waals surface area contributed by atoms with Crippen LogP contribution in [0.4, 0.5) is 8.78 Å². The molecule has 0 radical (unpaired) electrons. The lowest BCUT2D eigenvalue weighted by atomic mass is 9.88. The normalized spacial score (nSPS) is 32.4. The maximum Gasteiger partial charge on any atom is 0.126 e. The molecule has 3 rings (SSSR count). The van der Waals surface area contributed by atoms with Gasteiger partial charge in [-0.05, 0) is 69.1 Å². The summed E-state index contributed by atoms with van der Waals surface area (Å²) >= 11 is 0. The standard InChI is InChI=1S/2C7H13FO.C6H12O.3C2H6/c2*1-5-2-3-7(9)6(8)4-5;1-6-2-4-7-5-3-6;3*1-2/h2*5-7,9H,2-4H2,1H3;6H,2-5H2,1H3;3*1-2H3/t2*5-,6-,7-;;;;/m10..../s1. The minimum Gasteiger partial charge on any atom is -0.390 e. The average molecular weight is 455 g/mol. The van der Waals surface area contributed by atoms with Gasteiger partial charge in [-0.25, -0.2) is 8.78 Å². The van der Waals surface area contributed by atoms with E-state index < -0.39 is 24.6 Å². The van der Waals surface area contributed by atoms with Gasteiger partial charge in [-0.15, -0.1) is 0 Å².